The maximum Gasteiger partial charge on any atom is 0.258 e. The summed E-state index contributed by atoms with van der Waals surface area (Å²) < 4.78 is 3.60. The molecule has 1 amide bonds. The van der Waals surface area contributed by atoms with Gasteiger partial charge < -0.3 is 5.21 Å². The molecule has 0 saturated carbocycles. The SMILES string of the molecule is Cn1cc(-c2cccc(C(=O)Nc3nc(CCC/C=N\O)cn3-c3ccccc3)c2)cn1. The molecule has 2 heterocycles. The minimum atomic E-state index is -0.238. The summed E-state index contributed by atoms with van der Waals surface area (Å²) in [6, 6.07) is 17.2. The number of carbonyl (C=O) groups is 1. The van der Waals surface area contributed by atoms with E-state index in [1.165, 1.54) is 6.21 Å². The van der Waals surface area contributed by atoms with E-state index in [4.69, 9.17) is 5.21 Å². The predicted octanol–water partition coefficient (Wildman–Crippen LogP) is 4.31. The van der Waals surface area contributed by atoms with Crippen molar-refractivity contribution < 1.29 is 10.0 Å². The van der Waals surface area contributed by atoms with Gasteiger partial charge >= 0.3 is 0 Å². The molecule has 8 nitrogen and oxygen atoms in total. The maximum absolute atomic E-state index is 13.1. The molecule has 2 aromatic heterocycles. The van der Waals surface area contributed by atoms with Gasteiger partial charge in [-0.15, -0.1) is 5.16 Å². The molecule has 4 aromatic rings. The van der Waals surface area contributed by atoms with Gasteiger partial charge in [-0.3, -0.25) is 19.4 Å². The van der Waals surface area contributed by atoms with Crippen LogP contribution in [0.25, 0.3) is 16.8 Å². The van der Waals surface area contributed by atoms with Crippen LogP contribution in [0.1, 0.15) is 28.9 Å². The molecule has 2 N–H and O–H groups in total. The smallest absolute Gasteiger partial charge is 0.258 e. The van der Waals surface area contributed by atoms with Gasteiger partial charge in [0, 0.05) is 42.5 Å². The minimum absolute atomic E-state index is 0.238. The number of aromatic nitrogens is 4. The van der Waals surface area contributed by atoms with E-state index in [9.17, 15) is 4.79 Å². The number of oxime groups is 1. The molecular weight excluding hydrogens is 404 g/mol. The Labute approximate surface area is 185 Å². The lowest BCUT2D eigenvalue weighted by atomic mass is 10.1. The van der Waals surface area contributed by atoms with Crippen LogP contribution in [0.2, 0.25) is 0 Å². The van der Waals surface area contributed by atoms with Crippen molar-refractivity contribution in [3.05, 3.63) is 84.4 Å². The second-order valence-electron chi connectivity index (χ2n) is 7.39. The molecule has 2 aromatic carbocycles. The number of anilines is 1. The van der Waals surface area contributed by atoms with Crippen molar-refractivity contribution in [2.45, 2.75) is 19.3 Å². The van der Waals surface area contributed by atoms with Gasteiger partial charge in [-0.1, -0.05) is 30.3 Å². The molecule has 32 heavy (non-hydrogen) atoms. The lowest BCUT2D eigenvalue weighted by Crippen LogP contribution is -2.15. The first-order chi connectivity index (χ1) is 15.6. The van der Waals surface area contributed by atoms with Crippen LogP contribution >= 0.6 is 0 Å². The van der Waals surface area contributed by atoms with Gasteiger partial charge in [0.1, 0.15) is 0 Å². The zero-order valence-electron chi connectivity index (χ0n) is 17.7. The highest BCUT2D eigenvalue weighted by Gasteiger charge is 2.15. The molecule has 0 unspecified atom stereocenters. The van der Waals surface area contributed by atoms with Crippen LogP contribution in [-0.4, -0.2) is 36.7 Å². The third-order valence-electron chi connectivity index (χ3n) is 5.03. The predicted molar refractivity (Wildman–Crippen MR) is 123 cm³/mol. The zero-order chi connectivity index (χ0) is 22.3. The second-order valence-corrected chi connectivity index (χ2v) is 7.39. The zero-order valence-corrected chi connectivity index (χ0v) is 17.7. The number of nitrogens with zero attached hydrogens (tertiary/aromatic N) is 5. The number of unbranched alkanes of at least 4 members (excludes halogenated alkanes) is 1. The molecule has 0 spiro atoms. The van der Waals surface area contributed by atoms with Gasteiger partial charge in [0.25, 0.3) is 5.91 Å². The Morgan fingerprint density at radius 1 is 1.12 bits per heavy atom. The van der Waals surface area contributed by atoms with E-state index in [1.807, 2.05) is 72.5 Å². The highest BCUT2D eigenvalue weighted by atomic mass is 16.4. The van der Waals surface area contributed by atoms with Gasteiger partial charge in [0.15, 0.2) is 0 Å². The van der Waals surface area contributed by atoms with Crippen LogP contribution in [0.15, 0.2) is 78.3 Å². The van der Waals surface area contributed by atoms with Crippen LogP contribution in [0.3, 0.4) is 0 Å². The van der Waals surface area contributed by atoms with Crippen molar-refractivity contribution in [2.75, 3.05) is 5.32 Å². The first kappa shape index (κ1) is 21.0. The summed E-state index contributed by atoms with van der Waals surface area (Å²) in [4.78, 5) is 17.7. The van der Waals surface area contributed by atoms with E-state index in [1.54, 1.807) is 16.9 Å². The molecule has 4 rings (SSSR count). The summed E-state index contributed by atoms with van der Waals surface area (Å²) in [7, 11) is 1.86. The minimum Gasteiger partial charge on any atom is -0.411 e. The normalized spacial score (nSPS) is 11.2. The number of aryl methyl sites for hydroxylation is 2. The third kappa shape index (κ3) is 4.92. The molecule has 0 aliphatic carbocycles. The standard InChI is InChI=1S/C24H24N6O2/c1-29-16-20(15-25-29)18-8-7-9-19(14-18)23(31)28-24-27-21(10-5-6-13-26-32)17-30(24)22-11-3-2-4-12-22/h2-4,7-9,11-17,32H,5-6,10H2,1H3,(H,27,28,31)/b26-13-. The Kier molecular flexibility index (Phi) is 6.41. The summed E-state index contributed by atoms with van der Waals surface area (Å²) in [5, 5.41) is 18.7. The van der Waals surface area contributed by atoms with Crippen molar-refractivity contribution >= 4 is 18.1 Å². The monoisotopic (exact) mass is 428 g/mol. The van der Waals surface area contributed by atoms with Crippen LogP contribution in [0.4, 0.5) is 5.95 Å². The van der Waals surface area contributed by atoms with Crippen molar-refractivity contribution in [3.63, 3.8) is 0 Å². The molecular formula is C24H24N6O2. The maximum atomic E-state index is 13.1. The van der Waals surface area contributed by atoms with E-state index in [0.29, 0.717) is 24.4 Å². The lowest BCUT2D eigenvalue weighted by molar-refractivity contribution is 0.102. The fourth-order valence-corrected chi connectivity index (χ4v) is 3.44. The Bertz CT molecular complexity index is 1230. The highest BCUT2D eigenvalue weighted by Crippen LogP contribution is 2.22. The van der Waals surface area contributed by atoms with Gasteiger partial charge in [0.05, 0.1) is 11.9 Å². The summed E-state index contributed by atoms with van der Waals surface area (Å²) >= 11 is 0. The first-order valence-electron chi connectivity index (χ1n) is 10.3. The molecule has 0 aliphatic heterocycles. The van der Waals surface area contributed by atoms with Crippen molar-refractivity contribution in [2.24, 2.45) is 12.2 Å². The second kappa shape index (κ2) is 9.74. The largest absolute Gasteiger partial charge is 0.411 e. The number of benzene rings is 2. The summed E-state index contributed by atoms with van der Waals surface area (Å²) in [5.41, 5.74) is 4.15. The molecule has 0 aliphatic rings. The molecule has 8 heteroatoms. The summed E-state index contributed by atoms with van der Waals surface area (Å²) in [6.07, 6.45) is 9.21. The van der Waals surface area contributed by atoms with Gasteiger partial charge in [0.2, 0.25) is 5.95 Å². The number of imidazole rings is 1. The van der Waals surface area contributed by atoms with Gasteiger partial charge in [-0.05, 0) is 49.1 Å². The molecule has 0 atom stereocenters. The Morgan fingerprint density at radius 3 is 2.72 bits per heavy atom. The fraction of sp³-hybridized carbons (Fsp3) is 0.167. The number of hydrogen-bond donors (Lipinski definition) is 2. The van der Waals surface area contributed by atoms with Gasteiger partial charge in [-0.2, -0.15) is 5.10 Å². The Hall–Kier alpha value is -4.20. The molecule has 162 valence electrons. The van der Waals surface area contributed by atoms with E-state index in [2.05, 4.69) is 20.6 Å². The summed E-state index contributed by atoms with van der Waals surface area (Å²) in [6.45, 7) is 0. The average molecular weight is 428 g/mol. The van der Waals surface area contributed by atoms with Crippen LogP contribution in [0.5, 0.6) is 0 Å². The quantitative estimate of drug-likeness (QED) is 0.189. The number of amides is 1. The number of nitrogens with one attached hydrogen (secondary N) is 1. The van der Waals surface area contributed by atoms with Crippen molar-refractivity contribution in [3.8, 4) is 16.8 Å². The van der Waals surface area contributed by atoms with E-state index in [-0.39, 0.29) is 5.91 Å². The van der Waals surface area contributed by atoms with Crippen LogP contribution < -0.4 is 5.32 Å². The van der Waals surface area contributed by atoms with E-state index < -0.39 is 0 Å². The lowest BCUT2D eigenvalue weighted by Gasteiger charge is -2.09. The highest BCUT2D eigenvalue weighted by molar-refractivity contribution is 6.04. The number of hydrogen-bond acceptors (Lipinski definition) is 5. The summed E-state index contributed by atoms with van der Waals surface area (Å²) in [5.74, 6) is 0.219. The number of para-hydroxylation sites is 1. The Balaban J connectivity index is 1.58. The molecule has 0 bridgehead atoms. The first-order valence-corrected chi connectivity index (χ1v) is 10.3. The average Bonchev–Trinajstić information content (AvgIpc) is 3.43. The van der Waals surface area contributed by atoms with Crippen molar-refractivity contribution in [1.29, 1.82) is 0 Å². The third-order valence-corrected chi connectivity index (χ3v) is 5.03. The fourth-order valence-electron chi connectivity index (χ4n) is 3.44. The topological polar surface area (TPSA) is 97.3 Å². The van der Waals surface area contributed by atoms with Crippen LogP contribution in [-0.2, 0) is 13.5 Å². The number of rotatable bonds is 8. The molecule has 0 saturated heterocycles. The molecule has 0 fully saturated rings. The number of carbonyl (C=O) groups excluding carboxylic acids is 1. The molecule has 0 radical (unpaired) electrons. The Morgan fingerprint density at radius 2 is 1.97 bits per heavy atom. The van der Waals surface area contributed by atoms with E-state index in [0.717, 1.165) is 28.9 Å². The van der Waals surface area contributed by atoms with Crippen molar-refractivity contribution in [1.82, 2.24) is 19.3 Å². The van der Waals surface area contributed by atoms with E-state index >= 15 is 0 Å². The van der Waals surface area contributed by atoms with Gasteiger partial charge in [-0.25, -0.2) is 4.98 Å². The van der Waals surface area contributed by atoms with Crippen LogP contribution in [0, 0.1) is 0 Å².